The summed E-state index contributed by atoms with van der Waals surface area (Å²) in [5.41, 5.74) is 1.98. The van der Waals surface area contributed by atoms with Crippen molar-refractivity contribution in [1.29, 1.82) is 0 Å². The molecule has 2 nitrogen and oxygen atoms in total. The quantitative estimate of drug-likeness (QED) is 0.716. The van der Waals surface area contributed by atoms with Gasteiger partial charge in [-0.1, -0.05) is 58.4 Å². The summed E-state index contributed by atoms with van der Waals surface area (Å²) >= 11 is 3.41. The molecule has 0 N–H and O–H groups in total. The minimum Gasteiger partial charge on any atom is -0.293 e. The van der Waals surface area contributed by atoms with Gasteiger partial charge in [0, 0.05) is 22.6 Å². The van der Waals surface area contributed by atoms with Crippen LogP contribution < -0.4 is 0 Å². The number of halogens is 1. The Morgan fingerprint density at radius 1 is 1.10 bits per heavy atom. The molecule has 0 atom stereocenters. The van der Waals surface area contributed by atoms with Crippen LogP contribution in [-0.4, -0.2) is 23.3 Å². The van der Waals surface area contributed by atoms with Gasteiger partial charge in [-0.3, -0.25) is 9.69 Å². The van der Waals surface area contributed by atoms with E-state index in [-0.39, 0.29) is 5.78 Å². The number of benzene rings is 2. The minimum absolute atomic E-state index is 0.154. The zero-order chi connectivity index (χ0) is 15.2. The molecule has 0 aromatic heterocycles. The summed E-state index contributed by atoms with van der Waals surface area (Å²) in [4.78, 5) is 14.6. The van der Waals surface area contributed by atoms with Crippen molar-refractivity contribution in [1.82, 2.24) is 4.90 Å². The molecule has 0 aliphatic carbocycles. The Balaban J connectivity index is 2.08. The highest BCUT2D eigenvalue weighted by Crippen LogP contribution is 2.14. The molecule has 110 valence electrons. The molecule has 2 aromatic carbocycles. The second kappa shape index (κ2) is 7.53. The second-order valence-electron chi connectivity index (χ2n) is 5.42. The fourth-order valence-electron chi connectivity index (χ4n) is 2.18. The van der Waals surface area contributed by atoms with Gasteiger partial charge in [0.25, 0.3) is 0 Å². The van der Waals surface area contributed by atoms with E-state index in [0.29, 0.717) is 12.6 Å². The van der Waals surface area contributed by atoms with E-state index in [1.807, 2.05) is 42.5 Å². The maximum Gasteiger partial charge on any atom is 0.176 e. The van der Waals surface area contributed by atoms with Crippen LogP contribution in [0.3, 0.4) is 0 Å². The Morgan fingerprint density at radius 3 is 2.43 bits per heavy atom. The normalized spacial score (nSPS) is 11.1. The van der Waals surface area contributed by atoms with Crippen LogP contribution in [0.25, 0.3) is 0 Å². The van der Waals surface area contributed by atoms with Crippen LogP contribution in [0.5, 0.6) is 0 Å². The predicted molar refractivity (Wildman–Crippen MR) is 90.5 cm³/mol. The van der Waals surface area contributed by atoms with Crippen molar-refractivity contribution in [3.63, 3.8) is 0 Å². The van der Waals surface area contributed by atoms with E-state index in [2.05, 4.69) is 46.8 Å². The van der Waals surface area contributed by atoms with Crippen molar-refractivity contribution in [3.8, 4) is 0 Å². The third kappa shape index (κ3) is 4.80. The van der Waals surface area contributed by atoms with Crippen molar-refractivity contribution >= 4 is 21.7 Å². The van der Waals surface area contributed by atoms with Crippen LogP contribution >= 0.6 is 15.9 Å². The van der Waals surface area contributed by atoms with Gasteiger partial charge in [-0.05, 0) is 31.5 Å². The van der Waals surface area contributed by atoms with Gasteiger partial charge < -0.3 is 0 Å². The minimum atomic E-state index is 0.154. The predicted octanol–water partition coefficient (Wildman–Crippen LogP) is 4.54. The number of Topliss-reactive ketones (excluding diaryl/α,β-unsaturated/α-hetero) is 1. The van der Waals surface area contributed by atoms with Crippen LogP contribution in [-0.2, 0) is 6.54 Å². The highest BCUT2D eigenvalue weighted by Gasteiger charge is 2.16. The van der Waals surface area contributed by atoms with Crippen LogP contribution in [0, 0.1) is 0 Å². The molecule has 0 bridgehead atoms. The molecule has 0 unspecified atom stereocenters. The van der Waals surface area contributed by atoms with E-state index in [1.165, 1.54) is 5.56 Å². The molecular formula is C18H20BrNO. The maximum absolute atomic E-state index is 12.4. The van der Waals surface area contributed by atoms with Gasteiger partial charge in [0.2, 0.25) is 0 Å². The van der Waals surface area contributed by atoms with Crippen molar-refractivity contribution in [2.75, 3.05) is 6.54 Å². The Kier molecular flexibility index (Phi) is 5.71. The van der Waals surface area contributed by atoms with Crippen molar-refractivity contribution in [3.05, 3.63) is 70.2 Å². The zero-order valence-electron chi connectivity index (χ0n) is 12.4. The SMILES string of the molecule is CC(C)N(CC(=O)c1cccc(Br)c1)Cc1ccccc1. The van der Waals surface area contributed by atoms with Crippen LogP contribution in [0.2, 0.25) is 0 Å². The number of hydrogen-bond acceptors (Lipinski definition) is 2. The van der Waals surface area contributed by atoms with Gasteiger partial charge in [-0.2, -0.15) is 0 Å². The van der Waals surface area contributed by atoms with E-state index in [4.69, 9.17) is 0 Å². The van der Waals surface area contributed by atoms with Crippen molar-refractivity contribution in [2.24, 2.45) is 0 Å². The van der Waals surface area contributed by atoms with Crippen LogP contribution in [0.1, 0.15) is 29.8 Å². The number of ketones is 1. The first-order valence-corrected chi connectivity index (χ1v) is 7.92. The van der Waals surface area contributed by atoms with Crippen molar-refractivity contribution < 1.29 is 4.79 Å². The highest BCUT2D eigenvalue weighted by atomic mass is 79.9. The molecule has 0 spiro atoms. The lowest BCUT2D eigenvalue weighted by atomic mass is 10.1. The first kappa shape index (κ1) is 15.9. The molecule has 0 amide bonds. The smallest absolute Gasteiger partial charge is 0.176 e. The fourth-order valence-corrected chi connectivity index (χ4v) is 2.58. The average Bonchev–Trinajstić information content (AvgIpc) is 2.47. The molecule has 21 heavy (non-hydrogen) atoms. The molecule has 0 heterocycles. The Morgan fingerprint density at radius 2 is 1.81 bits per heavy atom. The summed E-state index contributed by atoms with van der Waals surface area (Å²) in [7, 11) is 0. The summed E-state index contributed by atoms with van der Waals surface area (Å²) in [6.45, 7) is 5.47. The molecule has 0 saturated carbocycles. The number of carbonyl (C=O) groups excluding carboxylic acids is 1. The van der Waals surface area contributed by atoms with Gasteiger partial charge in [-0.25, -0.2) is 0 Å². The second-order valence-corrected chi connectivity index (χ2v) is 6.33. The first-order valence-electron chi connectivity index (χ1n) is 7.13. The molecule has 3 heteroatoms. The number of nitrogens with zero attached hydrogens (tertiary/aromatic N) is 1. The summed E-state index contributed by atoms with van der Waals surface area (Å²) in [6, 6.07) is 18.2. The molecular weight excluding hydrogens is 326 g/mol. The largest absolute Gasteiger partial charge is 0.293 e. The standard InChI is InChI=1S/C18H20BrNO/c1-14(2)20(12-15-7-4-3-5-8-15)13-18(21)16-9-6-10-17(19)11-16/h3-11,14H,12-13H2,1-2H3. The Hall–Kier alpha value is -1.45. The lowest BCUT2D eigenvalue weighted by Crippen LogP contribution is -2.35. The highest BCUT2D eigenvalue weighted by molar-refractivity contribution is 9.10. The summed E-state index contributed by atoms with van der Waals surface area (Å²) in [5, 5.41) is 0. The van der Waals surface area contributed by atoms with Gasteiger partial charge in [0.1, 0.15) is 0 Å². The van der Waals surface area contributed by atoms with E-state index in [0.717, 1.165) is 16.6 Å². The van der Waals surface area contributed by atoms with E-state index < -0.39 is 0 Å². The van der Waals surface area contributed by atoms with Gasteiger partial charge >= 0.3 is 0 Å². The van der Waals surface area contributed by atoms with E-state index in [1.54, 1.807) is 0 Å². The van der Waals surface area contributed by atoms with Gasteiger partial charge in [0.15, 0.2) is 5.78 Å². The number of carbonyl (C=O) groups is 1. The topological polar surface area (TPSA) is 20.3 Å². The fraction of sp³-hybridized carbons (Fsp3) is 0.278. The Bertz CT molecular complexity index is 595. The molecule has 0 aliphatic heterocycles. The zero-order valence-corrected chi connectivity index (χ0v) is 14.0. The summed E-state index contributed by atoms with van der Waals surface area (Å²) in [5.74, 6) is 0.154. The maximum atomic E-state index is 12.4. The Labute approximate surface area is 134 Å². The molecule has 0 aliphatic rings. The summed E-state index contributed by atoms with van der Waals surface area (Å²) < 4.78 is 0.938. The molecule has 0 radical (unpaired) electrons. The van der Waals surface area contributed by atoms with Gasteiger partial charge in [-0.15, -0.1) is 0 Å². The van der Waals surface area contributed by atoms with Crippen molar-refractivity contribution in [2.45, 2.75) is 26.4 Å². The molecule has 0 fully saturated rings. The van der Waals surface area contributed by atoms with Crippen LogP contribution in [0.4, 0.5) is 0 Å². The first-order chi connectivity index (χ1) is 10.1. The number of hydrogen-bond donors (Lipinski definition) is 0. The molecule has 0 saturated heterocycles. The van der Waals surface area contributed by atoms with E-state index >= 15 is 0 Å². The number of rotatable bonds is 6. The third-order valence-corrected chi connectivity index (χ3v) is 3.95. The molecule has 2 rings (SSSR count). The van der Waals surface area contributed by atoms with Gasteiger partial charge in [0.05, 0.1) is 6.54 Å². The van der Waals surface area contributed by atoms with Crippen LogP contribution in [0.15, 0.2) is 59.1 Å². The average molecular weight is 346 g/mol. The lowest BCUT2D eigenvalue weighted by molar-refractivity contribution is 0.0898. The third-order valence-electron chi connectivity index (χ3n) is 3.45. The monoisotopic (exact) mass is 345 g/mol. The lowest BCUT2D eigenvalue weighted by Gasteiger charge is -2.25. The van der Waals surface area contributed by atoms with E-state index in [9.17, 15) is 4.79 Å². The summed E-state index contributed by atoms with van der Waals surface area (Å²) in [6.07, 6.45) is 0. The molecule has 2 aromatic rings.